The van der Waals surface area contributed by atoms with Crippen LogP contribution in [0.15, 0.2) is 182 Å². The van der Waals surface area contributed by atoms with Crippen LogP contribution in [0, 0.1) is 0 Å². The Labute approximate surface area is 342 Å². The van der Waals surface area contributed by atoms with Gasteiger partial charge in [-0.2, -0.15) is 0 Å². The SMILES string of the molecule is CC1c2ccc(N(c3ccccc3)c3ccccc3)cc2-c2cc3c(cc21)-c1cc2c(cc1C3(C)C)-c1cc(N(c3ccccc3)c3ccccc3)ccc1C2(C)C. The molecule has 0 N–H and O–H groups in total. The van der Waals surface area contributed by atoms with E-state index in [0.29, 0.717) is 5.92 Å². The van der Waals surface area contributed by atoms with Crippen LogP contribution in [0.4, 0.5) is 34.1 Å². The van der Waals surface area contributed by atoms with Crippen molar-refractivity contribution in [1.82, 2.24) is 0 Å². The maximum atomic E-state index is 2.55. The van der Waals surface area contributed by atoms with Gasteiger partial charge in [-0.25, -0.2) is 0 Å². The van der Waals surface area contributed by atoms with E-state index in [2.05, 4.69) is 226 Å². The summed E-state index contributed by atoms with van der Waals surface area (Å²) in [6.07, 6.45) is 0. The first-order valence-corrected chi connectivity index (χ1v) is 20.7. The maximum absolute atomic E-state index is 2.55. The minimum Gasteiger partial charge on any atom is -0.310 e. The molecule has 0 aliphatic heterocycles. The van der Waals surface area contributed by atoms with E-state index < -0.39 is 0 Å². The molecule has 280 valence electrons. The van der Waals surface area contributed by atoms with Crippen molar-refractivity contribution in [2.75, 3.05) is 9.80 Å². The molecular formula is C56H46N2. The predicted octanol–water partition coefficient (Wildman–Crippen LogP) is 15.4. The Kier molecular flexibility index (Phi) is 7.56. The molecule has 1 unspecified atom stereocenters. The van der Waals surface area contributed by atoms with Gasteiger partial charge in [0.25, 0.3) is 0 Å². The molecule has 3 aliphatic rings. The van der Waals surface area contributed by atoms with Gasteiger partial charge in [0.05, 0.1) is 0 Å². The first-order chi connectivity index (χ1) is 28.2. The van der Waals surface area contributed by atoms with Gasteiger partial charge >= 0.3 is 0 Å². The highest BCUT2D eigenvalue weighted by Gasteiger charge is 2.43. The monoisotopic (exact) mass is 746 g/mol. The van der Waals surface area contributed by atoms with Crippen molar-refractivity contribution >= 4 is 34.1 Å². The number of rotatable bonds is 6. The number of anilines is 6. The molecule has 2 heteroatoms. The Bertz CT molecular complexity index is 2810. The molecule has 11 rings (SSSR count). The average Bonchev–Trinajstić information content (AvgIpc) is 3.75. The minimum atomic E-state index is -0.164. The van der Waals surface area contributed by atoms with Gasteiger partial charge in [-0.05, 0) is 164 Å². The predicted molar refractivity (Wildman–Crippen MR) is 244 cm³/mol. The van der Waals surface area contributed by atoms with Crippen LogP contribution in [0.3, 0.4) is 0 Å². The van der Waals surface area contributed by atoms with Crippen LogP contribution in [0.1, 0.15) is 73.9 Å². The van der Waals surface area contributed by atoms with Gasteiger partial charge in [0.1, 0.15) is 0 Å². The zero-order chi connectivity index (χ0) is 39.3. The summed E-state index contributed by atoms with van der Waals surface area (Å²) in [5.41, 5.74) is 23.3. The lowest BCUT2D eigenvalue weighted by molar-refractivity contribution is 0.652. The fourth-order valence-electron chi connectivity index (χ4n) is 10.4. The molecule has 0 heterocycles. The second-order valence-electron chi connectivity index (χ2n) is 17.4. The summed E-state index contributed by atoms with van der Waals surface area (Å²) in [6, 6.07) is 67.4. The lowest BCUT2D eigenvalue weighted by Crippen LogP contribution is -2.17. The Morgan fingerprint density at radius 1 is 0.310 bits per heavy atom. The van der Waals surface area contributed by atoms with Crippen molar-refractivity contribution in [2.45, 2.75) is 51.4 Å². The lowest BCUT2D eigenvalue weighted by atomic mass is 9.79. The first kappa shape index (κ1) is 34.6. The van der Waals surface area contributed by atoms with E-state index in [1.165, 1.54) is 78.1 Å². The van der Waals surface area contributed by atoms with Gasteiger partial charge in [-0.1, -0.05) is 120 Å². The topological polar surface area (TPSA) is 6.48 Å². The fraction of sp³-hybridized carbons (Fsp3) is 0.143. The number of para-hydroxylation sites is 4. The highest BCUT2D eigenvalue weighted by atomic mass is 15.1. The molecule has 0 radical (unpaired) electrons. The molecule has 0 fully saturated rings. The van der Waals surface area contributed by atoms with Crippen LogP contribution >= 0.6 is 0 Å². The first-order valence-electron chi connectivity index (χ1n) is 20.7. The van der Waals surface area contributed by atoms with Crippen molar-refractivity contribution in [3.63, 3.8) is 0 Å². The van der Waals surface area contributed by atoms with Gasteiger partial charge in [-0.3, -0.25) is 0 Å². The van der Waals surface area contributed by atoms with Crippen molar-refractivity contribution in [1.29, 1.82) is 0 Å². The zero-order valence-electron chi connectivity index (χ0n) is 33.8. The van der Waals surface area contributed by atoms with Crippen LogP contribution < -0.4 is 9.80 Å². The number of fused-ring (bicyclic) bond motifs is 9. The van der Waals surface area contributed by atoms with Crippen LogP contribution in [0.5, 0.6) is 0 Å². The van der Waals surface area contributed by atoms with Crippen molar-refractivity contribution < 1.29 is 0 Å². The van der Waals surface area contributed by atoms with Crippen molar-refractivity contribution in [3.05, 3.63) is 215 Å². The number of hydrogen-bond donors (Lipinski definition) is 0. The fourth-order valence-corrected chi connectivity index (χ4v) is 10.4. The number of nitrogens with zero attached hydrogens (tertiary/aromatic N) is 2. The minimum absolute atomic E-state index is 0.129. The number of hydrogen-bond acceptors (Lipinski definition) is 2. The zero-order valence-corrected chi connectivity index (χ0v) is 33.8. The summed E-state index contributed by atoms with van der Waals surface area (Å²) in [5, 5.41) is 0. The van der Waals surface area contributed by atoms with E-state index in [9.17, 15) is 0 Å². The summed E-state index contributed by atoms with van der Waals surface area (Å²) in [5.74, 6) is 0.309. The Morgan fingerprint density at radius 3 is 1.12 bits per heavy atom. The average molecular weight is 747 g/mol. The van der Waals surface area contributed by atoms with Crippen molar-refractivity contribution in [3.8, 4) is 33.4 Å². The molecule has 3 aliphatic carbocycles. The quantitative estimate of drug-likeness (QED) is 0.167. The second kappa shape index (κ2) is 12.7. The van der Waals surface area contributed by atoms with Gasteiger partial charge < -0.3 is 9.80 Å². The van der Waals surface area contributed by atoms with Crippen LogP contribution in [-0.2, 0) is 10.8 Å². The highest BCUT2D eigenvalue weighted by molar-refractivity contribution is 5.95. The van der Waals surface area contributed by atoms with Gasteiger partial charge in [0.2, 0.25) is 0 Å². The standard InChI is InChI=1S/C56H46N2/c1-36-43-28-26-41(57(37-18-10-6-11-19-37)38-20-12-7-13-21-38)30-45(43)46-33-52-48(32-44(36)46)50-35-53-49(34-54(50)56(52,4)5)47-31-42(27-29-51(47)55(53,2)3)58(39-22-14-8-15-23-39)40-24-16-9-17-25-40/h6-36H,1-5H3. The lowest BCUT2D eigenvalue weighted by Gasteiger charge is -2.27. The number of benzene rings is 8. The Balaban J connectivity index is 1.03. The third-order valence-corrected chi connectivity index (χ3v) is 13.5. The summed E-state index contributed by atoms with van der Waals surface area (Å²) < 4.78 is 0. The van der Waals surface area contributed by atoms with Crippen LogP contribution in [0.2, 0.25) is 0 Å². The third-order valence-electron chi connectivity index (χ3n) is 13.5. The maximum Gasteiger partial charge on any atom is 0.0468 e. The normalized spacial score (nSPS) is 15.8. The second-order valence-corrected chi connectivity index (χ2v) is 17.4. The van der Waals surface area contributed by atoms with E-state index >= 15 is 0 Å². The van der Waals surface area contributed by atoms with E-state index in [1.807, 2.05) is 0 Å². The molecule has 0 saturated carbocycles. The summed E-state index contributed by atoms with van der Waals surface area (Å²) >= 11 is 0. The molecule has 0 saturated heterocycles. The Morgan fingerprint density at radius 2 is 0.655 bits per heavy atom. The van der Waals surface area contributed by atoms with E-state index in [4.69, 9.17) is 0 Å². The van der Waals surface area contributed by atoms with Crippen LogP contribution in [0.25, 0.3) is 33.4 Å². The molecule has 8 aromatic rings. The molecule has 0 bridgehead atoms. The smallest absolute Gasteiger partial charge is 0.0468 e. The third kappa shape index (κ3) is 5.04. The molecule has 2 nitrogen and oxygen atoms in total. The van der Waals surface area contributed by atoms with Crippen molar-refractivity contribution in [2.24, 2.45) is 0 Å². The molecule has 0 amide bonds. The molecule has 0 spiro atoms. The van der Waals surface area contributed by atoms with E-state index in [0.717, 1.165) is 22.7 Å². The molecule has 8 aromatic carbocycles. The van der Waals surface area contributed by atoms with E-state index in [1.54, 1.807) is 0 Å². The van der Waals surface area contributed by atoms with Gasteiger partial charge in [-0.15, -0.1) is 0 Å². The summed E-state index contributed by atoms with van der Waals surface area (Å²) in [7, 11) is 0. The molecular weight excluding hydrogens is 701 g/mol. The van der Waals surface area contributed by atoms with Gasteiger partial charge in [0, 0.05) is 50.9 Å². The van der Waals surface area contributed by atoms with Gasteiger partial charge in [0.15, 0.2) is 0 Å². The molecule has 58 heavy (non-hydrogen) atoms. The molecule has 0 aromatic heterocycles. The molecule has 1 atom stereocenters. The summed E-state index contributed by atoms with van der Waals surface area (Å²) in [6.45, 7) is 12.1. The van der Waals surface area contributed by atoms with E-state index in [-0.39, 0.29) is 10.8 Å². The highest BCUT2D eigenvalue weighted by Crippen LogP contribution is 2.59. The van der Waals surface area contributed by atoms with Crippen LogP contribution in [-0.4, -0.2) is 0 Å². The summed E-state index contributed by atoms with van der Waals surface area (Å²) in [4.78, 5) is 4.75. The Hall–Kier alpha value is -6.64. The largest absolute Gasteiger partial charge is 0.310 e.